The summed E-state index contributed by atoms with van der Waals surface area (Å²) < 4.78 is 40.6. The number of nitro benzene ring substituents is 1. The van der Waals surface area contributed by atoms with Crippen molar-refractivity contribution < 1.29 is 27.6 Å². The molecule has 0 aliphatic carbocycles. The van der Waals surface area contributed by atoms with Crippen LogP contribution in [0.15, 0.2) is 12.1 Å². The Balaban J connectivity index is 3.28. The molecule has 0 radical (unpaired) electrons. The Bertz CT molecular complexity index is 436. The van der Waals surface area contributed by atoms with Crippen LogP contribution < -0.4 is 4.74 Å². The monoisotopic (exact) mass is 235 g/mol. The Morgan fingerprint density at radius 1 is 1.44 bits per heavy atom. The molecule has 0 saturated carbocycles. The summed E-state index contributed by atoms with van der Waals surface area (Å²) in [5.74, 6) is -2.40. The quantitative estimate of drug-likeness (QED) is 0.455. The van der Waals surface area contributed by atoms with Gasteiger partial charge in [0.25, 0.3) is 5.69 Å². The molecule has 0 spiro atoms. The van der Waals surface area contributed by atoms with E-state index in [2.05, 4.69) is 4.74 Å². The molecule has 0 fully saturated rings. The van der Waals surface area contributed by atoms with Crippen molar-refractivity contribution >= 4 is 12.0 Å². The van der Waals surface area contributed by atoms with Gasteiger partial charge in [-0.2, -0.15) is 8.78 Å². The van der Waals surface area contributed by atoms with E-state index in [0.717, 1.165) is 0 Å². The number of benzene rings is 1. The minimum Gasteiger partial charge on any atom is -0.432 e. The lowest BCUT2D eigenvalue weighted by molar-refractivity contribution is -0.385. The van der Waals surface area contributed by atoms with Gasteiger partial charge in [0.2, 0.25) is 0 Å². The van der Waals surface area contributed by atoms with Gasteiger partial charge in [-0.1, -0.05) is 0 Å². The molecular weight excluding hydrogens is 231 g/mol. The number of halogens is 3. The predicted octanol–water partition coefficient (Wildman–Crippen LogP) is 2.15. The second-order valence-electron chi connectivity index (χ2n) is 2.56. The van der Waals surface area contributed by atoms with Crippen molar-refractivity contribution in [3.63, 3.8) is 0 Å². The topological polar surface area (TPSA) is 69.4 Å². The van der Waals surface area contributed by atoms with E-state index in [0.29, 0.717) is 12.1 Å². The van der Waals surface area contributed by atoms with E-state index >= 15 is 0 Å². The van der Waals surface area contributed by atoms with Gasteiger partial charge in [-0.25, -0.2) is 4.39 Å². The van der Waals surface area contributed by atoms with Gasteiger partial charge in [0.05, 0.1) is 4.92 Å². The van der Waals surface area contributed by atoms with Gasteiger partial charge in [-0.3, -0.25) is 14.9 Å². The number of nitrogens with zero attached hydrogens (tertiary/aromatic N) is 1. The van der Waals surface area contributed by atoms with Crippen molar-refractivity contribution in [2.45, 2.75) is 6.61 Å². The zero-order valence-electron chi connectivity index (χ0n) is 7.52. The fourth-order valence-corrected chi connectivity index (χ4v) is 1.02. The molecule has 0 saturated heterocycles. The number of nitro groups is 1. The number of alkyl halides is 2. The highest BCUT2D eigenvalue weighted by Gasteiger charge is 2.22. The maximum Gasteiger partial charge on any atom is 0.387 e. The van der Waals surface area contributed by atoms with Crippen LogP contribution in [0.4, 0.5) is 18.9 Å². The number of carbonyl (C=O) groups is 1. The smallest absolute Gasteiger partial charge is 0.387 e. The molecule has 1 rings (SSSR count). The molecule has 86 valence electrons. The molecule has 8 heteroatoms. The highest BCUT2D eigenvalue weighted by atomic mass is 19.3. The van der Waals surface area contributed by atoms with Crippen LogP contribution in [0.2, 0.25) is 0 Å². The van der Waals surface area contributed by atoms with Crippen LogP contribution in [0.25, 0.3) is 0 Å². The van der Waals surface area contributed by atoms with E-state index in [4.69, 9.17) is 0 Å². The van der Waals surface area contributed by atoms with Gasteiger partial charge < -0.3 is 4.74 Å². The normalized spacial score (nSPS) is 10.2. The molecular formula is C8H4F3NO4. The second-order valence-corrected chi connectivity index (χ2v) is 2.56. The first kappa shape index (κ1) is 12.0. The number of rotatable bonds is 4. The molecule has 16 heavy (non-hydrogen) atoms. The predicted molar refractivity (Wildman–Crippen MR) is 45.1 cm³/mol. The SMILES string of the molecule is O=Cc1c([N+](=O)[O-])ccc(OC(F)F)c1F. The molecule has 0 amide bonds. The first-order valence-corrected chi connectivity index (χ1v) is 3.84. The van der Waals surface area contributed by atoms with E-state index in [1.165, 1.54) is 0 Å². The first-order valence-electron chi connectivity index (χ1n) is 3.84. The zero-order valence-corrected chi connectivity index (χ0v) is 7.52. The number of hydrogen-bond donors (Lipinski definition) is 0. The summed E-state index contributed by atoms with van der Waals surface area (Å²) in [6.45, 7) is -3.28. The molecule has 0 aliphatic heterocycles. The van der Waals surface area contributed by atoms with Crippen molar-refractivity contribution in [2.75, 3.05) is 0 Å². The van der Waals surface area contributed by atoms with E-state index in [1.807, 2.05) is 0 Å². The molecule has 5 nitrogen and oxygen atoms in total. The number of carbonyl (C=O) groups excluding carboxylic acids is 1. The van der Waals surface area contributed by atoms with Crippen LogP contribution in [0, 0.1) is 15.9 Å². The van der Waals surface area contributed by atoms with Crippen LogP contribution in [-0.4, -0.2) is 17.8 Å². The molecule has 0 unspecified atom stereocenters. The Labute approximate surface area is 86.6 Å². The lowest BCUT2D eigenvalue weighted by atomic mass is 10.2. The van der Waals surface area contributed by atoms with Gasteiger partial charge in [0.1, 0.15) is 5.56 Å². The third-order valence-corrected chi connectivity index (χ3v) is 1.65. The molecule has 0 atom stereocenters. The summed E-state index contributed by atoms with van der Waals surface area (Å²) in [4.78, 5) is 19.8. The summed E-state index contributed by atoms with van der Waals surface area (Å²) in [7, 11) is 0. The van der Waals surface area contributed by atoms with E-state index in [1.54, 1.807) is 0 Å². The Morgan fingerprint density at radius 3 is 2.50 bits per heavy atom. The van der Waals surface area contributed by atoms with Crippen LogP contribution in [0.3, 0.4) is 0 Å². The fourth-order valence-electron chi connectivity index (χ4n) is 1.02. The Morgan fingerprint density at radius 2 is 2.06 bits per heavy atom. The van der Waals surface area contributed by atoms with E-state index in [9.17, 15) is 28.1 Å². The zero-order chi connectivity index (χ0) is 12.3. The van der Waals surface area contributed by atoms with Gasteiger partial charge in [0.15, 0.2) is 17.9 Å². The minimum atomic E-state index is -3.28. The highest BCUT2D eigenvalue weighted by molar-refractivity contribution is 5.82. The van der Waals surface area contributed by atoms with Gasteiger partial charge in [0, 0.05) is 6.07 Å². The molecule has 0 bridgehead atoms. The second kappa shape index (κ2) is 4.60. The lowest BCUT2D eigenvalue weighted by Gasteiger charge is -2.06. The maximum absolute atomic E-state index is 13.3. The molecule has 0 aromatic heterocycles. The van der Waals surface area contributed by atoms with Crippen molar-refractivity contribution in [3.8, 4) is 5.75 Å². The summed E-state index contributed by atoms with van der Waals surface area (Å²) >= 11 is 0. The largest absolute Gasteiger partial charge is 0.432 e. The van der Waals surface area contributed by atoms with Crippen molar-refractivity contribution in [2.24, 2.45) is 0 Å². The molecule has 0 aliphatic rings. The Kier molecular flexibility index (Phi) is 3.44. The van der Waals surface area contributed by atoms with Gasteiger partial charge in [-0.15, -0.1) is 0 Å². The summed E-state index contributed by atoms with van der Waals surface area (Å²) in [6, 6.07) is 1.37. The lowest BCUT2D eigenvalue weighted by Crippen LogP contribution is -2.06. The van der Waals surface area contributed by atoms with Gasteiger partial charge in [-0.05, 0) is 6.07 Å². The summed E-state index contributed by atoms with van der Waals surface area (Å²) in [6.07, 6.45) is -0.133. The third kappa shape index (κ3) is 2.27. The maximum atomic E-state index is 13.3. The molecule has 0 N–H and O–H groups in total. The van der Waals surface area contributed by atoms with Crippen molar-refractivity contribution in [3.05, 3.63) is 33.6 Å². The third-order valence-electron chi connectivity index (χ3n) is 1.65. The average molecular weight is 235 g/mol. The Hall–Kier alpha value is -2.12. The summed E-state index contributed by atoms with van der Waals surface area (Å²) in [5.41, 5.74) is -1.74. The van der Waals surface area contributed by atoms with Crippen molar-refractivity contribution in [1.29, 1.82) is 0 Å². The number of ether oxygens (including phenoxy) is 1. The van der Waals surface area contributed by atoms with Crippen molar-refractivity contribution in [1.82, 2.24) is 0 Å². The highest BCUT2D eigenvalue weighted by Crippen LogP contribution is 2.28. The molecule has 0 heterocycles. The van der Waals surface area contributed by atoms with Crippen LogP contribution in [0.1, 0.15) is 10.4 Å². The van der Waals surface area contributed by atoms with Crippen LogP contribution in [0.5, 0.6) is 5.75 Å². The van der Waals surface area contributed by atoms with Crippen LogP contribution in [-0.2, 0) is 0 Å². The van der Waals surface area contributed by atoms with Gasteiger partial charge >= 0.3 is 6.61 Å². The van der Waals surface area contributed by atoms with E-state index in [-0.39, 0.29) is 6.29 Å². The van der Waals surface area contributed by atoms with E-state index < -0.39 is 34.4 Å². The molecule has 1 aromatic rings. The first-order chi connectivity index (χ1) is 7.47. The fraction of sp³-hybridized carbons (Fsp3) is 0.125. The number of aldehydes is 1. The van der Waals surface area contributed by atoms with Crippen LogP contribution >= 0.6 is 0 Å². The molecule has 1 aromatic carbocycles. The average Bonchev–Trinajstić information content (AvgIpc) is 2.19. The minimum absolute atomic E-state index is 0.133. The standard InChI is InChI=1S/C8H4F3NO4/c9-7-4(3-13)5(12(14)15)1-2-6(7)16-8(10)11/h1-3,8H. The number of hydrogen-bond acceptors (Lipinski definition) is 4. The summed E-state index contributed by atoms with van der Waals surface area (Å²) in [5, 5.41) is 10.4.